The molecular weight excluding hydrogens is 370 g/mol. The molecule has 0 unspecified atom stereocenters. The number of amides is 1. The first-order chi connectivity index (χ1) is 13.0. The summed E-state index contributed by atoms with van der Waals surface area (Å²) in [7, 11) is 0. The molecule has 0 saturated heterocycles. The van der Waals surface area contributed by atoms with Gasteiger partial charge in [0, 0.05) is 6.42 Å². The highest BCUT2D eigenvalue weighted by Gasteiger charge is 2.18. The van der Waals surface area contributed by atoms with E-state index in [4.69, 9.17) is 14.2 Å². The second-order valence-corrected chi connectivity index (χ2v) is 6.91. The number of fused-ring (bicyclic) bond motifs is 1. The van der Waals surface area contributed by atoms with Gasteiger partial charge in [0.1, 0.15) is 0 Å². The number of esters is 1. The highest BCUT2D eigenvalue weighted by Crippen LogP contribution is 2.34. The SMILES string of the molecule is C[C@H](NC(=O)COC(=O)CCC(=O)c1cccs1)c1ccc2c(c1)OCO2. The van der Waals surface area contributed by atoms with Crippen LogP contribution in [0.25, 0.3) is 0 Å². The number of benzene rings is 1. The minimum absolute atomic E-state index is 0.0538. The third-order valence-electron chi connectivity index (χ3n) is 3.99. The number of rotatable bonds is 8. The smallest absolute Gasteiger partial charge is 0.306 e. The minimum Gasteiger partial charge on any atom is -0.456 e. The lowest BCUT2D eigenvalue weighted by Crippen LogP contribution is -2.31. The predicted octanol–water partition coefficient (Wildman–Crippen LogP) is 2.86. The average molecular weight is 389 g/mol. The third kappa shape index (κ3) is 5.07. The molecule has 0 saturated carbocycles. The second kappa shape index (κ2) is 8.68. The van der Waals surface area contributed by atoms with Crippen molar-refractivity contribution in [3.8, 4) is 11.5 Å². The fourth-order valence-corrected chi connectivity index (χ4v) is 3.24. The van der Waals surface area contributed by atoms with Crippen molar-refractivity contribution in [2.24, 2.45) is 0 Å². The van der Waals surface area contributed by atoms with E-state index in [1.54, 1.807) is 29.6 Å². The molecule has 2 heterocycles. The van der Waals surface area contributed by atoms with Crippen molar-refractivity contribution in [3.05, 3.63) is 46.2 Å². The van der Waals surface area contributed by atoms with E-state index in [-0.39, 0.29) is 38.1 Å². The molecule has 0 aliphatic carbocycles. The molecular formula is C19H19NO6S. The number of hydrogen-bond acceptors (Lipinski definition) is 7. The first kappa shape index (κ1) is 18.9. The van der Waals surface area contributed by atoms with Gasteiger partial charge in [0.05, 0.1) is 17.3 Å². The van der Waals surface area contributed by atoms with Gasteiger partial charge < -0.3 is 19.5 Å². The molecule has 0 bridgehead atoms. The topological polar surface area (TPSA) is 90.9 Å². The molecule has 0 fully saturated rings. The molecule has 142 valence electrons. The summed E-state index contributed by atoms with van der Waals surface area (Å²) in [5.41, 5.74) is 0.848. The molecule has 1 aromatic carbocycles. The summed E-state index contributed by atoms with van der Waals surface area (Å²) in [6.45, 7) is 1.61. The van der Waals surface area contributed by atoms with Crippen molar-refractivity contribution in [1.82, 2.24) is 5.32 Å². The van der Waals surface area contributed by atoms with E-state index in [0.29, 0.717) is 16.4 Å². The number of carbonyl (C=O) groups is 3. The van der Waals surface area contributed by atoms with Crippen LogP contribution in [0.4, 0.5) is 0 Å². The van der Waals surface area contributed by atoms with E-state index in [1.165, 1.54) is 11.3 Å². The maximum absolute atomic E-state index is 12.0. The van der Waals surface area contributed by atoms with Gasteiger partial charge in [-0.15, -0.1) is 11.3 Å². The van der Waals surface area contributed by atoms with E-state index in [1.807, 2.05) is 13.0 Å². The van der Waals surface area contributed by atoms with Crippen LogP contribution < -0.4 is 14.8 Å². The first-order valence-corrected chi connectivity index (χ1v) is 9.32. The maximum atomic E-state index is 12.0. The van der Waals surface area contributed by atoms with E-state index in [0.717, 1.165) is 5.56 Å². The Morgan fingerprint density at radius 2 is 2.00 bits per heavy atom. The van der Waals surface area contributed by atoms with Crippen molar-refractivity contribution in [3.63, 3.8) is 0 Å². The van der Waals surface area contributed by atoms with E-state index in [2.05, 4.69) is 5.32 Å². The molecule has 1 atom stereocenters. The van der Waals surface area contributed by atoms with Gasteiger partial charge >= 0.3 is 5.97 Å². The van der Waals surface area contributed by atoms with Gasteiger partial charge in [-0.3, -0.25) is 14.4 Å². The lowest BCUT2D eigenvalue weighted by Gasteiger charge is -2.15. The van der Waals surface area contributed by atoms with Crippen molar-refractivity contribution >= 4 is 29.0 Å². The largest absolute Gasteiger partial charge is 0.456 e. The average Bonchev–Trinajstić information content (AvgIpc) is 3.35. The lowest BCUT2D eigenvalue weighted by molar-refractivity contribution is -0.148. The lowest BCUT2D eigenvalue weighted by atomic mass is 10.1. The second-order valence-electron chi connectivity index (χ2n) is 5.96. The van der Waals surface area contributed by atoms with Gasteiger partial charge in [0.15, 0.2) is 23.9 Å². The Labute approximate surface area is 160 Å². The normalized spacial score (nSPS) is 13.1. The highest BCUT2D eigenvalue weighted by atomic mass is 32.1. The molecule has 1 aliphatic rings. The molecule has 8 heteroatoms. The summed E-state index contributed by atoms with van der Waals surface area (Å²) >= 11 is 1.33. The third-order valence-corrected chi connectivity index (χ3v) is 4.90. The maximum Gasteiger partial charge on any atom is 0.306 e. The van der Waals surface area contributed by atoms with Crippen LogP contribution in [0.5, 0.6) is 11.5 Å². The van der Waals surface area contributed by atoms with Gasteiger partial charge in [0.25, 0.3) is 5.91 Å². The van der Waals surface area contributed by atoms with Crippen LogP contribution in [0.1, 0.15) is 41.0 Å². The number of carbonyl (C=O) groups excluding carboxylic acids is 3. The monoisotopic (exact) mass is 389 g/mol. The molecule has 7 nitrogen and oxygen atoms in total. The number of hydrogen-bond donors (Lipinski definition) is 1. The van der Waals surface area contributed by atoms with Gasteiger partial charge in [-0.25, -0.2) is 0 Å². The van der Waals surface area contributed by atoms with Crippen LogP contribution in [0.15, 0.2) is 35.7 Å². The molecule has 3 rings (SSSR count). The number of ether oxygens (including phenoxy) is 3. The minimum atomic E-state index is -0.578. The van der Waals surface area contributed by atoms with Crippen LogP contribution >= 0.6 is 11.3 Å². The van der Waals surface area contributed by atoms with Crippen molar-refractivity contribution in [2.45, 2.75) is 25.8 Å². The van der Waals surface area contributed by atoms with E-state index < -0.39 is 11.9 Å². The fourth-order valence-electron chi connectivity index (χ4n) is 2.54. The Hall–Kier alpha value is -2.87. The summed E-state index contributed by atoms with van der Waals surface area (Å²) < 4.78 is 15.5. The van der Waals surface area contributed by atoms with Crippen molar-refractivity contribution in [2.75, 3.05) is 13.4 Å². The van der Waals surface area contributed by atoms with Gasteiger partial charge in [-0.1, -0.05) is 12.1 Å². The van der Waals surface area contributed by atoms with E-state index in [9.17, 15) is 14.4 Å². The van der Waals surface area contributed by atoms with Gasteiger partial charge in [-0.2, -0.15) is 0 Å². The zero-order valence-corrected chi connectivity index (χ0v) is 15.5. The predicted molar refractivity (Wildman–Crippen MR) is 98.0 cm³/mol. The molecule has 1 aliphatic heterocycles. The molecule has 1 amide bonds. The molecule has 0 radical (unpaired) electrons. The zero-order valence-electron chi connectivity index (χ0n) is 14.7. The number of Topliss-reactive ketones (excluding diaryl/α,β-unsaturated/α-hetero) is 1. The molecule has 1 aromatic heterocycles. The molecule has 2 aromatic rings. The Morgan fingerprint density at radius 1 is 1.19 bits per heavy atom. The highest BCUT2D eigenvalue weighted by molar-refractivity contribution is 7.12. The first-order valence-electron chi connectivity index (χ1n) is 8.44. The van der Waals surface area contributed by atoms with Crippen LogP contribution in [0.3, 0.4) is 0 Å². The van der Waals surface area contributed by atoms with Gasteiger partial charge in [0.2, 0.25) is 6.79 Å². The van der Waals surface area contributed by atoms with Crippen LogP contribution in [-0.4, -0.2) is 31.1 Å². The Kier molecular flexibility index (Phi) is 6.08. The van der Waals surface area contributed by atoms with Crippen LogP contribution in [-0.2, 0) is 14.3 Å². The standard InChI is InChI=1S/C19H19NO6S/c1-12(13-4-6-15-16(9-13)26-11-25-15)20-18(22)10-24-19(23)7-5-14(21)17-3-2-8-27-17/h2-4,6,8-9,12H,5,7,10-11H2,1H3,(H,20,22)/t12-/m0/s1. The number of ketones is 1. The fraction of sp³-hybridized carbons (Fsp3) is 0.316. The number of thiophene rings is 1. The van der Waals surface area contributed by atoms with E-state index >= 15 is 0 Å². The summed E-state index contributed by atoms with van der Waals surface area (Å²) in [6.07, 6.45) is 0.0102. The summed E-state index contributed by atoms with van der Waals surface area (Å²) in [6, 6.07) is 8.62. The molecule has 27 heavy (non-hydrogen) atoms. The zero-order chi connectivity index (χ0) is 19.2. The summed E-state index contributed by atoms with van der Waals surface area (Å²) in [4.78, 5) is 36.1. The van der Waals surface area contributed by atoms with Gasteiger partial charge in [-0.05, 0) is 36.1 Å². The summed E-state index contributed by atoms with van der Waals surface area (Å²) in [5, 5.41) is 4.55. The summed E-state index contributed by atoms with van der Waals surface area (Å²) in [5.74, 6) is 0.199. The Morgan fingerprint density at radius 3 is 2.78 bits per heavy atom. The van der Waals surface area contributed by atoms with Crippen LogP contribution in [0.2, 0.25) is 0 Å². The van der Waals surface area contributed by atoms with Crippen LogP contribution in [0, 0.1) is 0 Å². The van der Waals surface area contributed by atoms with Crippen molar-refractivity contribution in [1.29, 1.82) is 0 Å². The Balaban J connectivity index is 1.40. The molecule has 0 spiro atoms. The van der Waals surface area contributed by atoms with Crippen molar-refractivity contribution < 1.29 is 28.6 Å². The molecule has 1 N–H and O–H groups in total. The quantitative estimate of drug-likeness (QED) is 0.551. The number of nitrogens with one attached hydrogen (secondary N) is 1. The Bertz CT molecular complexity index is 833.